The SMILES string of the molecule is CN(c1cnc(-c2ccc(F)cc2)c(-c2ccncc2Cl)n1)[C@H]1CCN(C(=O)c2ccc(C(F)(F)F)nc2)C1. The molecule has 200 valence electrons. The molecule has 5 rings (SSSR count). The molecule has 0 unspecified atom stereocenters. The van der Waals surface area contributed by atoms with Crippen LogP contribution in [0.1, 0.15) is 22.5 Å². The zero-order valence-electron chi connectivity index (χ0n) is 20.5. The van der Waals surface area contributed by atoms with E-state index in [1.54, 1.807) is 35.5 Å². The average molecular weight is 557 g/mol. The normalized spacial score (nSPS) is 15.4. The summed E-state index contributed by atoms with van der Waals surface area (Å²) in [6, 6.07) is 9.43. The summed E-state index contributed by atoms with van der Waals surface area (Å²) in [6.07, 6.45) is 1.68. The number of pyridine rings is 2. The van der Waals surface area contributed by atoms with E-state index in [2.05, 4.69) is 15.0 Å². The Hall–Kier alpha value is -4.12. The number of benzene rings is 1. The minimum Gasteiger partial charge on any atom is -0.354 e. The zero-order valence-corrected chi connectivity index (χ0v) is 21.3. The first-order valence-electron chi connectivity index (χ1n) is 11.9. The number of likely N-dealkylation sites (tertiary alicyclic amines) is 1. The molecule has 1 saturated heterocycles. The highest BCUT2D eigenvalue weighted by Gasteiger charge is 2.34. The third-order valence-corrected chi connectivity index (χ3v) is 6.87. The molecule has 7 nitrogen and oxygen atoms in total. The molecule has 4 aromatic rings. The summed E-state index contributed by atoms with van der Waals surface area (Å²) < 4.78 is 52.0. The van der Waals surface area contributed by atoms with Crippen LogP contribution in [0.25, 0.3) is 22.5 Å². The van der Waals surface area contributed by atoms with Crippen molar-refractivity contribution in [2.24, 2.45) is 0 Å². The van der Waals surface area contributed by atoms with Crippen LogP contribution in [0.2, 0.25) is 5.02 Å². The van der Waals surface area contributed by atoms with Gasteiger partial charge < -0.3 is 9.80 Å². The lowest BCUT2D eigenvalue weighted by Gasteiger charge is -2.26. The van der Waals surface area contributed by atoms with Crippen molar-refractivity contribution in [2.75, 3.05) is 25.0 Å². The van der Waals surface area contributed by atoms with E-state index in [0.717, 1.165) is 18.3 Å². The monoisotopic (exact) mass is 556 g/mol. The van der Waals surface area contributed by atoms with Crippen LogP contribution < -0.4 is 4.90 Å². The number of carbonyl (C=O) groups excluding carboxylic acids is 1. The minimum absolute atomic E-state index is 0.0874. The number of nitrogens with zero attached hydrogens (tertiary/aromatic N) is 6. The zero-order chi connectivity index (χ0) is 27.7. The Balaban J connectivity index is 1.39. The van der Waals surface area contributed by atoms with Crippen LogP contribution in [0.15, 0.2) is 67.3 Å². The first-order chi connectivity index (χ1) is 18.6. The Labute approximate surface area is 226 Å². The van der Waals surface area contributed by atoms with Gasteiger partial charge in [0.05, 0.1) is 22.5 Å². The van der Waals surface area contributed by atoms with E-state index in [1.807, 2.05) is 11.9 Å². The van der Waals surface area contributed by atoms with Gasteiger partial charge in [0.2, 0.25) is 0 Å². The van der Waals surface area contributed by atoms with Gasteiger partial charge in [0.25, 0.3) is 5.91 Å². The predicted octanol–water partition coefficient (Wildman–Crippen LogP) is 5.76. The molecule has 12 heteroatoms. The maximum atomic E-state index is 13.5. The van der Waals surface area contributed by atoms with Gasteiger partial charge in [-0.3, -0.25) is 19.7 Å². The van der Waals surface area contributed by atoms with Crippen LogP contribution >= 0.6 is 11.6 Å². The molecule has 4 heterocycles. The molecule has 0 bridgehead atoms. The van der Waals surface area contributed by atoms with Gasteiger partial charge in [0.1, 0.15) is 23.0 Å². The number of hydrogen-bond donors (Lipinski definition) is 0. The van der Waals surface area contributed by atoms with Gasteiger partial charge in [0.15, 0.2) is 0 Å². The second-order valence-corrected chi connectivity index (χ2v) is 9.43. The number of anilines is 1. The van der Waals surface area contributed by atoms with Gasteiger partial charge in [0, 0.05) is 55.9 Å². The van der Waals surface area contributed by atoms with Crippen LogP contribution in [-0.2, 0) is 6.18 Å². The fraction of sp³-hybridized carbons (Fsp3) is 0.222. The second kappa shape index (κ2) is 10.6. The highest BCUT2D eigenvalue weighted by atomic mass is 35.5. The molecule has 1 aliphatic heterocycles. The molecule has 1 fully saturated rings. The number of likely N-dealkylation sites (N-methyl/N-ethyl adjacent to an activating group) is 1. The lowest BCUT2D eigenvalue weighted by Crippen LogP contribution is -2.37. The summed E-state index contributed by atoms with van der Waals surface area (Å²) in [4.78, 5) is 33.3. The molecule has 0 radical (unpaired) electrons. The quantitative estimate of drug-likeness (QED) is 0.291. The third-order valence-electron chi connectivity index (χ3n) is 6.57. The fourth-order valence-electron chi connectivity index (χ4n) is 4.42. The molecule has 1 aliphatic rings. The molecule has 39 heavy (non-hydrogen) atoms. The molecule has 3 aromatic heterocycles. The molecule has 1 amide bonds. The third kappa shape index (κ3) is 5.53. The van der Waals surface area contributed by atoms with Gasteiger partial charge in [-0.15, -0.1) is 0 Å². The summed E-state index contributed by atoms with van der Waals surface area (Å²) >= 11 is 6.43. The first kappa shape index (κ1) is 26.5. The van der Waals surface area contributed by atoms with Crippen LogP contribution in [0.5, 0.6) is 0 Å². The largest absolute Gasteiger partial charge is 0.433 e. The van der Waals surface area contributed by atoms with Crippen LogP contribution in [0.3, 0.4) is 0 Å². The van der Waals surface area contributed by atoms with E-state index in [0.29, 0.717) is 52.9 Å². The number of rotatable bonds is 5. The summed E-state index contributed by atoms with van der Waals surface area (Å²) in [5.41, 5.74) is 1.30. The number of carbonyl (C=O) groups is 1. The summed E-state index contributed by atoms with van der Waals surface area (Å²) in [7, 11) is 1.83. The Morgan fingerprint density at radius 3 is 2.46 bits per heavy atom. The maximum Gasteiger partial charge on any atom is 0.433 e. The van der Waals surface area contributed by atoms with Gasteiger partial charge in [-0.1, -0.05) is 11.6 Å². The number of aromatic nitrogens is 4. The van der Waals surface area contributed by atoms with Crippen LogP contribution in [0.4, 0.5) is 23.4 Å². The van der Waals surface area contributed by atoms with Crippen molar-refractivity contribution < 1.29 is 22.4 Å². The molecule has 1 aromatic carbocycles. The molecular weight excluding hydrogens is 536 g/mol. The van der Waals surface area contributed by atoms with E-state index in [1.165, 1.54) is 18.3 Å². The van der Waals surface area contributed by atoms with Crippen molar-refractivity contribution in [3.63, 3.8) is 0 Å². The van der Waals surface area contributed by atoms with E-state index in [9.17, 15) is 22.4 Å². The lowest BCUT2D eigenvalue weighted by molar-refractivity contribution is -0.141. The fourth-order valence-corrected chi connectivity index (χ4v) is 4.63. The van der Waals surface area contributed by atoms with Gasteiger partial charge in [-0.25, -0.2) is 9.37 Å². The lowest BCUT2D eigenvalue weighted by atomic mass is 10.0. The molecule has 0 N–H and O–H groups in total. The van der Waals surface area contributed by atoms with E-state index in [4.69, 9.17) is 16.6 Å². The van der Waals surface area contributed by atoms with Crippen LogP contribution in [-0.4, -0.2) is 56.9 Å². The number of halogens is 5. The Morgan fingerprint density at radius 2 is 1.79 bits per heavy atom. The van der Waals surface area contributed by atoms with Gasteiger partial charge >= 0.3 is 6.18 Å². The van der Waals surface area contributed by atoms with E-state index >= 15 is 0 Å². The van der Waals surface area contributed by atoms with Crippen molar-refractivity contribution in [2.45, 2.75) is 18.6 Å². The van der Waals surface area contributed by atoms with E-state index < -0.39 is 17.8 Å². The van der Waals surface area contributed by atoms with Crippen molar-refractivity contribution in [3.05, 3.63) is 89.3 Å². The molecule has 1 atom stereocenters. The van der Waals surface area contributed by atoms with Crippen molar-refractivity contribution in [1.82, 2.24) is 24.8 Å². The van der Waals surface area contributed by atoms with Gasteiger partial charge in [-0.2, -0.15) is 13.2 Å². The number of hydrogen-bond acceptors (Lipinski definition) is 6. The topological polar surface area (TPSA) is 75.1 Å². The first-order valence-corrected chi connectivity index (χ1v) is 12.3. The Bertz CT molecular complexity index is 1500. The Morgan fingerprint density at radius 1 is 1.03 bits per heavy atom. The number of alkyl halides is 3. The second-order valence-electron chi connectivity index (χ2n) is 9.02. The number of amides is 1. The predicted molar refractivity (Wildman–Crippen MR) is 138 cm³/mol. The van der Waals surface area contributed by atoms with Crippen LogP contribution in [0, 0.1) is 5.82 Å². The van der Waals surface area contributed by atoms with Crippen molar-refractivity contribution in [1.29, 1.82) is 0 Å². The molecular formula is C27H21ClF4N6O. The van der Waals surface area contributed by atoms with Crippen molar-refractivity contribution in [3.8, 4) is 22.5 Å². The summed E-state index contributed by atoms with van der Waals surface area (Å²) in [5.74, 6) is -0.243. The Kier molecular flexibility index (Phi) is 7.17. The maximum absolute atomic E-state index is 13.5. The molecule has 0 saturated carbocycles. The smallest absolute Gasteiger partial charge is 0.354 e. The minimum atomic E-state index is -4.57. The van der Waals surface area contributed by atoms with Crippen molar-refractivity contribution >= 4 is 23.3 Å². The molecule has 0 spiro atoms. The summed E-state index contributed by atoms with van der Waals surface area (Å²) in [5, 5.41) is 0.373. The van der Waals surface area contributed by atoms with Gasteiger partial charge in [-0.05, 0) is 48.9 Å². The average Bonchev–Trinajstić information content (AvgIpc) is 3.43. The van der Waals surface area contributed by atoms with E-state index in [-0.39, 0.29) is 17.4 Å². The highest BCUT2D eigenvalue weighted by Crippen LogP contribution is 2.35. The summed E-state index contributed by atoms with van der Waals surface area (Å²) in [6.45, 7) is 0.752. The standard InChI is InChI=1S/C27H21ClF4N6O/c1-37(19-9-11-38(15-19)26(39)17-4-7-22(34-12-17)27(30,31)32)23-14-35-24(16-2-5-18(29)6-3-16)25(36-23)20-8-10-33-13-21(20)28/h2-8,10,12-14,19H,9,11,15H2,1H3/t19-/m0/s1. The molecule has 0 aliphatic carbocycles. The highest BCUT2D eigenvalue weighted by molar-refractivity contribution is 6.33.